The van der Waals surface area contributed by atoms with Crippen molar-refractivity contribution in [3.8, 4) is 5.75 Å². The van der Waals surface area contributed by atoms with E-state index in [0.29, 0.717) is 22.9 Å². The average molecular weight is 534 g/mol. The third-order valence-electron chi connectivity index (χ3n) is 6.42. The van der Waals surface area contributed by atoms with E-state index >= 15 is 0 Å². The summed E-state index contributed by atoms with van der Waals surface area (Å²) in [7, 11) is 1.68. The molecule has 0 heterocycles. The van der Waals surface area contributed by atoms with Gasteiger partial charge < -0.3 is 0 Å². The van der Waals surface area contributed by atoms with Crippen LogP contribution < -0.4 is 15.4 Å². The molecule has 1 atom stereocenters. The maximum absolute atomic E-state index is 12.6. The van der Waals surface area contributed by atoms with Gasteiger partial charge in [-0.2, -0.15) is 0 Å². The van der Waals surface area contributed by atoms with E-state index in [-0.39, 0.29) is 28.4 Å². The van der Waals surface area contributed by atoms with Gasteiger partial charge in [0.05, 0.1) is 0 Å². The third-order valence-corrected chi connectivity index (χ3v) is 8.75. The molecule has 7 heteroatoms. The molecule has 1 aliphatic rings. The minimum absolute atomic E-state index is 0.0849. The zero-order valence-electron chi connectivity index (χ0n) is 19.9. The van der Waals surface area contributed by atoms with Gasteiger partial charge in [0.2, 0.25) is 0 Å². The second-order valence-electron chi connectivity index (χ2n) is 8.80. The molecule has 0 radical (unpaired) electrons. The Morgan fingerprint density at radius 1 is 0.886 bits per heavy atom. The van der Waals surface area contributed by atoms with Crippen molar-refractivity contribution in [2.24, 2.45) is 5.92 Å². The van der Waals surface area contributed by atoms with Crippen LogP contribution in [0.1, 0.15) is 46.4 Å². The SMILES string of the molecule is CNC(=O)[C@H]1CC[C@@H](Oc2ccc(C(=O)[AsH]CCNC(=O)c3ccc4ccccc4c3)cc2)CC1. The number of amides is 2. The second kappa shape index (κ2) is 12.0. The van der Waals surface area contributed by atoms with Crippen LogP contribution in [0, 0.1) is 5.92 Å². The van der Waals surface area contributed by atoms with E-state index in [4.69, 9.17) is 4.74 Å². The van der Waals surface area contributed by atoms with Crippen LogP contribution in [-0.4, -0.2) is 51.8 Å². The molecule has 3 aromatic rings. The maximum atomic E-state index is 12.6. The molecule has 1 fully saturated rings. The monoisotopic (exact) mass is 534 g/mol. The summed E-state index contributed by atoms with van der Waals surface area (Å²) in [6.07, 6.45) is 3.50. The predicted octanol–water partition coefficient (Wildman–Crippen LogP) is 3.95. The average Bonchev–Trinajstić information content (AvgIpc) is 2.91. The third kappa shape index (κ3) is 6.73. The molecule has 6 nitrogen and oxygen atoms in total. The van der Waals surface area contributed by atoms with Crippen LogP contribution in [0.15, 0.2) is 66.7 Å². The quantitative estimate of drug-likeness (QED) is 0.322. The summed E-state index contributed by atoms with van der Waals surface area (Å²) in [6.45, 7) is 0.497. The van der Waals surface area contributed by atoms with Gasteiger partial charge in [-0.25, -0.2) is 0 Å². The Bertz CT molecular complexity index is 1190. The standard InChI is InChI=1S/C28H31AsN2O4/c1-30-27(33)21-10-14-25(15-11-21)35-24-12-8-20(9-13-24)26(32)29-16-17-31-28(34)23-7-6-19-4-2-3-5-22(19)18-23/h2-9,12-13,18,21,25,29H,10-11,14-17H2,1H3,(H,30,33)(H,31,34)/t21-,25+. The van der Waals surface area contributed by atoms with Gasteiger partial charge in [0.1, 0.15) is 0 Å². The first-order chi connectivity index (χ1) is 17.0. The van der Waals surface area contributed by atoms with Gasteiger partial charge in [0.25, 0.3) is 0 Å². The Kier molecular flexibility index (Phi) is 8.59. The van der Waals surface area contributed by atoms with Gasteiger partial charge in [-0.15, -0.1) is 0 Å². The Hall–Kier alpha value is -3.11. The van der Waals surface area contributed by atoms with Crippen LogP contribution >= 0.6 is 0 Å². The molecule has 0 spiro atoms. The van der Waals surface area contributed by atoms with E-state index in [9.17, 15) is 14.4 Å². The van der Waals surface area contributed by atoms with Gasteiger partial charge >= 0.3 is 206 Å². The Balaban J connectivity index is 1.19. The molecule has 1 saturated carbocycles. The molecule has 0 aliphatic heterocycles. The van der Waals surface area contributed by atoms with Gasteiger partial charge in [-0.05, 0) is 0 Å². The second-order valence-corrected chi connectivity index (χ2v) is 11.5. The number of hydrogen-bond donors (Lipinski definition) is 2. The van der Waals surface area contributed by atoms with Gasteiger partial charge in [0.15, 0.2) is 0 Å². The number of ether oxygens (including phenoxy) is 1. The van der Waals surface area contributed by atoms with Gasteiger partial charge in [-0.3, -0.25) is 0 Å². The molecule has 2 amide bonds. The van der Waals surface area contributed by atoms with Crippen molar-refractivity contribution in [2.45, 2.75) is 37.0 Å². The number of rotatable bonds is 9. The topological polar surface area (TPSA) is 84.5 Å². The zero-order chi connectivity index (χ0) is 24.6. The van der Waals surface area contributed by atoms with Crippen molar-refractivity contribution in [1.29, 1.82) is 0 Å². The minimum atomic E-state index is -0.868. The fourth-order valence-electron chi connectivity index (χ4n) is 4.41. The number of nitrogens with one attached hydrogen (secondary N) is 2. The number of benzene rings is 3. The number of hydrogen-bond acceptors (Lipinski definition) is 4. The van der Waals surface area contributed by atoms with Crippen molar-refractivity contribution in [2.75, 3.05) is 13.6 Å². The Labute approximate surface area is 212 Å². The number of fused-ring (bicyclic) bond motifs is 1. The van der Waals surface area contributed by atoms with E-state index in [1.165, 1.54) is 0 Å². The van der Waals surface area contributed by atoms with Crippen molar-refractivity contribution in [1.82, 2.24) is 10.6 Å². The van der Waals surface area contributed by atoms with Crippen LogP contribution in [0.25, 0.3) is 10.8 Å². The van der Waals surface area contributed by atoms with E-state index in [1.807, 2.05) is 66.7 Å². The first-order valence-corrected chi connectivity index (χ1v) is 14.6. The molecule has 2 N–H and O–H groups in total. The molecule has 0 saturated heterocycles. The first kappa shape index (κ1) is 25.0. The number of carbonyl (C=O) groups excluding carboxylic acids is 3. The Morgan fingerprint density at radius 3 is 2.29 bits per heavy atom. The molecular formula is C28H31AsN2O4. The Morgan fingerprint density at radius 2 is 1.57 bits per heavy atom. The van der Waals surface area contributed by atoms with Crippen LogP contribution in [0.5, 0.6) is 5.75 Å². The fourth-order valence-corrected chi connectivity index (χ4v) is 6.19. The van der Waals surface area contributed by atoms with E-state index < -0.39 is 15.8 Å². The summed E-state index contributed by atoms with van der Waals surface area (Å²) < 4.78 is 6.23. The number of carbonyl (C=O) groups is 3. The van der Waals surface area contributed by atoms with Crippen molar-refractivity contribution >= 4 is 42.9 Å². The summed E-state index contributed by atoms with van der Waals surface area (Å²) in [5.74, 6) is 0.846. The van der Waals surface area contributed by atoms with Crippen LogP contribution in [0.3, 0.4) is 0 Å². The molecule has 35 heavy (non-hydrogen) atoms. The summed E-state index contributed by atoms with van der Waals surface area (Å²) in [5.41, 5.74) is 1.33. The van der Waals surface area contributed by atoms with Crippen molar-refractivity contribution in [3.05, 3.63) is 77.9 Å². The molecule has 3 aromatic carbocycles. The van der Waals surface area contributed by atoms with Crippen LogP contribution in [-0.2, 0) is 4.79 Å². The van der Waals surface area contributed by atoms with E-state index in [2.05, 4.69) is 10.6 Å². The molecule has 1 aliphatic carbocycles. The molecule has 4 rings (SSSR count). The van der Waals surface area contributed by atoms with Crippen LogP contribution in [0.2, 0.25) is 5.21 Å². The predicted molar refractivity (Wildman–Crippen MR) is 139 cm³/mol. The van der Waals surface area contributed by atoms with Crippen molar-refractivity contribution in [3.63, 3.8) is 0 Å². The molecule has 0 aromatic heterocycles. The van der Waals surface area contributed by atoms with E-state index in [1.54, 1.807) is 7.05 Å². The zero-order valence-corrected chi connectivity index (χ0v) is 22.0. The van der Waals surface area contributed by atoms with E-state index in [0.717, 1.165) is 42.2 Å². The summed E-state index contributed by atoms with van der Waals surface area (Å²) >= 11 is -0.868. The summed E-state index contributed by atoms with van der Waals surface area (Å²) in [4.78, 5) is 36.8. The van der Waals surface area contributed by atoms with Gasteiger partial charge in [-0.1, -0.05) is 0 Å². The summed E-state index contributed by atoms with van der Waals surface area (Å²) in [6, 6.07) is 21.0. The van der Waals surface area contributed by atoms with Gasteiger partial charge in [0, 0.05) is 7.05 Å². The molecular weight excluding hydrogens is 503 g/mol. The van der Waals surface area contributed by atoms with Crippen LogP contribution in [0.4, 0.5) is 0 Å². The van der Waals surface area contributed by atoms with Crippen molar-refractivity contribution < 1.29 is 19.1 Å². The normalized spacial score (nSPS) is 17.9. The molecule has 1 unspecified atom stereocenters. The summed E-state index contributed by atoms with van der Waals surface area (Å²) in [5, 5.41) is 8.49. The fraction of sp³-hybridized carbons (Fsp3) is 0.321. The first-order valence-electron chi connectivity index (χ1n) is 12.1. The molecule has 182 valence electrons. The molecule has 0 bridgehead atoms.